The van der Waals surface area contributed by atoms with Crippen molar-refractivity contribution in [2.45, 2.75) is 45.6 Å². The van der Waals surface area contributed by atoms with Crippen LogP contribution in [0.1, 0.15) is 42.1 Å². The number of benzene rings is 3. The van der Waals surface area contributed by atoms with E-state index in [1.165, 1.54) is 5.56 Å². The molecule has 1 amide bonds. The van der Waals surface area contributed by atoms with Gasteiger partial charge in [-0.05, 0) is 68.7 Å². The Kier molecular flexibility index (Phi) is 6.35. The van der Waals surface area contributed by atoms with Gasteiger partial charge in [-0.3, -0.25) is 4.79 Å². The Bertz CT molecular complexity index is 1290. The number of amides is 1. The molecule has 2 heterocycles. The highest BCUT2D eigenvalue weighted by Gasteiger charge is 2.34. The molecule has 3 aromatic carbocycles. The van der Waals surface area contributed by atoms with Crippen molar-refractivity contribution in [2.24, 2.45) is 0 Å². The van der Waals surface area contributed by atoms with Crippen LogP contribution in [0.2, 0.25) is 0 Å². The monoisotopic (exact) mass is 453 g/mol. The van der Waals surface area contributed by atoms with Gasteiger partial charge in [0.2, 0.25) is 5.91 Å². The number of carbonyl (C=O) groups excluding carboxylic acids is 1. The second kappa shape index (κ2) is 9.72. The van der Waals surface area contributed by atoms with Gasteiger partial charge in [0.25, 0.3) is 0 Å². The summed E-state index contributed by atoms with van der Waals surface area (Å²) in [5.74, 6) is 2.19. The van der Waals surface area contributed by atoms with E-state index in [0.717, 1.165) is 53.2 Å². The molecule has 1 aliphatic heterocycles. The van der Waals surface area contributed by atoms with Gasteiger partial charge in [0.15, 0.2) is 0 Å². The smallest absolute Gasteiger partial charge is 0.227 e. The Balaban J connectivity index is 1.29. The zero-order chi connectivity index (χ0) is 23.5. The van der Waals surface area contributed by atoms with Crippen molar-refractivity contribution < 1.29 is 9.53 Å². The van der Waals surface area contributed by atoms with E-state index in [2.05, 4.69) is 60.9 Å². The average molecular weight is 454 g/mol. The summed E-state index contributed by atoms with van der Waals surface area (Å²) in [7, 11) is 0. The number of ether oxygens (including phenoxy) is 1. The zero-order valence-electron chi connectivity index (χ0n) is 19.9. The second-order valence-electron chi connectivity index (χ2n) is 9.22. The summed E-state index contributed by atoms with van der Waals surface area (Å²) in [6.07, 6.45) is 2.44. The Morgan fingerprint density at radius 1 is 0.941 bits per heavy atom. The van der Waals surface area contributed by atoms with Gasteiger partial charge in [0.05, 0.1) is 17.6 Å². The summed E-state index contributed by atoms with van der Waals surface area (Å²) < 4.78 is 8.23. The molecule has 0 unspecified atom stereocenters. The van der Waals surface area contributed by atoms with Crippen LogP contribution in [0.4, 0.5) is 5.69 Å². The third kappa shape index (κ3) is 4.69. The number of hydrogen-bond donors (Lipinski definition) is 0. The van der Waals surface area contributed by atoms with Crippen LogP contribution < -0.4 is 9.64 Å². The molecule has 34 heavy (non-hydrogen) atoms. The summed E-state index contributed by atoms with van der Waals surface area (Å²) in [6.45, 7) is 6.36. The van der Waals surface area contributed by atoms with E-state index in [4.69, 9.17) is 9.72 Å². The molecule has 0 radical (unpaired) electrons. The summed E-state index contributed by atoms with van der Waals surface area (Å²) in [5.41, 5.74) is 5.50. The molecular formula is C29H31N3O2. The summed E-state index contributed by atoms with van der Waals surface area (Å²) in [4.78, 5) is 19.8. The molecule has 0 aliphatic carbocycles. The highest BCUT2D eigenvalue weighted by Crippen LogP contribution is 2.33. The molecule has 5 nitrogen and oxygen atoms in total. The molecular weight excluding hydrogens is 422 g/mol. The molecule has 1 aliphatic rings. The quantitative estimate of drug-likeness (QED) is 0.306. The molecule has 0 bridgehead atoms. The lowest BCUT2D eigenvalue weighted by Gasteiger charge is -2.18. The van der Waals surface area contributed by atoms with Crippen LogP contribution in [0, 0.1) is 13.8 Å². The maximum Gasteiger partial charge on any atom is 0.227 e. The van der Waals surface area contributed by atoms with Crippen molar-refractivity contribution in [3.05, 3.63) is 89.7 Å². The van der Waals surface area contributed by atoms with Crippen molar-refractivity contribution in [1.29, 1.82) is 0 Å². The fourth-order valence-electron chi connectivity index (χ4n) is 4.76. The van der Waals surface area contributed by atoms with E-state index in [9.17, 15) is 4.79 Å². The first kappa shape index (κ1) is 22.2. The van der Waals surface area contributed by atoms with E-state index < -0.39 is 0 Å². The average Bonchev–Trinajstić information content (AvgIpc) is 3.40. The highest BCUT2D eigenvalue weighted by molar-refractivity contribution is 5.96. The van der Waals surface area contributed by atoms with E-state index in [1.807, 2.05) is 35.2 Å². The fourth-order valence-corrected chi connectivity index (χ4v) is 4.76. The van der Waals surface area contributed by atoms with Gasteiger partial charge in [0, 0.05) is 31.1 Å². The van der Waals surface area contributed by atoms with Crippen LogP contribution in [0.3, 0.4) is 0 Å². The summed E-state index contributed by atoms with van der Waals surface area (Å²) >= 11 is 0. The number of unbranched alkanes of at least 4 members (excludes halogenated alkanes) is 1. The molecule has 0 N–H and O–H groups in total. The molecule has 0 spiro atoms. The molecule has 5 heteroatoms. The third-order valence-corrected chi connectivity index (χ3v) is 6.55. The topological polar surface area (TPSA) is 47.4 Å². The summed E-state index contributed by atoms with van der Waals surface area (Å²) in [5, 5.41) is 0. The molecule has 4 aromatic rings. The number of aryl methyl sites for hydroxylation is 3. The first-order valence-corrected chi connectivity index (χ1v) is 12.1. The number of imidazole rings is 1. The minimum absolute atomic E-state index is 0.0872. The predicted octanol–water partition coefficient (Wildman–Crippen LogP) is 6.03. The van der Waals surface area contributed by atoms with Crippen molar-refractivity contribution in [1.82, 2.24) is 9.55 Å². The number of anilines is 1. The first-order valence-electron chi connectivity index (χ1n) is 12.1. The van der Waals surface area contributed by atoms with Gasteiger partial charge in [-0.2, -0.15) is 0 Å². The Morgan fingerprint density at radius 3 is 2.59 bits per heavy atom. The van der Waals surface area contributed by atoms with E-state index in [0.29, 0.717) is 19.6 Å². The lowest BCUT2D eigenvalue weighted by Crippen LogP contribution is -2.24. The molecule has 1 atom stereocenters. The van der Waals surface area contributed by atoms with Crippen LogP contribution in [-0.4, -0.2) is 28.6 Å². The standard InChI is InChI=1S/C29H31N3O2/c1-21-12-14-25(15-13-21)34-17-6-5-16-31-27-11-4-3-10-26(27)30-29(31)23-19-28(33)32(20-23)24-9-7-8-22(2)18-24/h3-4,7-15,18,23H,5-6,16-17,19-20H2,1-2H3/t23-/m1/s1. The zero-order valence-corrected chi connectivity index (χ0v) is 19.9. The van der Waals surface area contributed by atoms with Gasteiger partial charge in [-0.15, -0.1) is 0 Å². The van der Waals surface area contributed by atoms with Crippen molar-refractivity contribution in [3.8, 4) is 5.75 Å². The van der Waals surface area contributed by atoms with Crippen LogP contribution in [-0.2, 0) is 11.3 Å². The van der Waals surface area contributed by atoms with E-state index in [1.54, 1.807) is 0 Å². The number of nitrogens with zero attached hydrogens (tertiary/aromatic N) is 3. The van der Waals surface area contributed by atoms with E-state index in [-0.39, 0.29) is 11.8 Å². The minimum Gasteiger partial charge on any atom is -0.494 e. The first-order chi connectivity index (χ1) is 16.6. The van der Waals surface area contributed by atoms with Crippen LogP contribution in [0.5, 0.6) is 5.75 Å². The SMILES string of the molecule is Cc1ccc(OCCCCn2c([C@@H]3CC(=O)N(c4cccc(C)c4)C3)nc3ccccc32)cc1. The molecule has 1 fully saturated rings. The second-order valence-corrected chi connectivity index (χ2v) is 9.22. The fraction of sp³-hybridized carbons (Fsp3) is 0.310. The van der Waals surface area contributed by atoms with Crippen molar-refractivity contribution >= 4 is 22.6 Å². The van der Waals surface area contributed by atoms with E-state index >= 15 is 0 Å². The van der Waals surface area contributed by atoms with Gasteiger partial charge < -0.3 is 14.2 Å². The number of fused-ring (bicyclic) bond motifs is 1. The van der Waals surface area contributed by atoms with Crippen molar-refractivity contribution in [3.63, 3.8) is 0 Å². The summed E-state index contributed by atoms with van der Waals surface area (Å²) in [6, 6.07) is 24.6. The normalized spacial score (nSPS) is 15.9. The van der Waals surface area contributed by atoms with Crippen LogP contribution >= 0.6 is 0 Å². The Labute approximate surface area is 201 Å². The maximum atomic E-state index is 12.9. The number of rotatable bonds is 8. The molecule has 0 saturated carbocycles. The van der Waals surface area contributed by atoms with Crippen LogP contribution in [0.15, 0.2) is 72.8 Å². The van der Waals surface area contributed by atoms with Crippen molar-refractivity contribution in [2.75, 3.05) is 18.1 Å². The number of para-hydroxylation sites is 2. The highest BCUT2D eigenvalue weighted by atomic mass is 16.5. The molecule has 1 aromatic heterocycles. The minimum atomic E-state index is 0.0872. The Morgan fingerprint density at radius 2 is 1.76 bits per heavy atom. The maximum absolute atomic E-state index is 12.9. The number of hydrogen-bond acceptors (Lipinski definition) is 3. The third-order valence-electron chi connectivity index (χ3n) is 6.55. The van der Waals surface area contributed by atoms with Gasteiger partial charge >= 0.3 is 0 Å². The lowest BCUT2D eigenvalue weighted by atomic mass is 10.1. The largest absolute Gasteiger partial charge is 0.494 e. The lowest BCUT2D eigenvalue weighted by molar-refractivity contribution is -0.117. The van der Waals surface area contributed by atoms with Gasteiger partial charge in [0.1, 0.15) is 11.6 Å². The van der Waals surface area contributed by atoms with Crippen LogP contribution in [0.25, 0.3) is 11.0 Å². The van der Waals surface area contributed by atoms with Gasteiger partial charge in [-0.1, -0.05) is 42.0 Å². The molecule has 174 valence electrons. The number of carbonyl (C=O) groups is 1. The number of aromatic nitrogens is 2. The Hall–Kier alpha value is -3.60. The molecule has 5 rings (SSSR count). The predicted molar refractivity (Wildman–Crippen MR) is 137 cm³/mol. The molecule has 1 saturated heterocycles. The van der Waals surface area contributed by atoms with Gasteiger partial charge in [-0.25, -0.2) is 4.98 Å².